The third-order valence-electron chi connectivity index (χ3n) is 3.19. The van der Waals surface area contributed by atoms with E-state index in [0.717, 1.165) is 12.2 Å². The standard InChI is InChI=1S/C14H20OS/c1-10(2)16-9-13-12-6-4-3-5-11(12)7-8-14(13)15/h7-8,10,15H,3-6,9H2,1-2H3. The summed E-state index contributed by atoms with van der Waals surface area (Å²) in [5.41, 5.74) is 4.08. The highest BCUT2D eigenvalue weighted by atomic mass is 32.2. The van der Waals surface area contributed by atoms with Gasteiger partial charge in [0.25, 0.3) is 0 Å². The molecule has 0 spiro atoms. The van der Waals surface area contributed by atoms with E-state index in [1.54, 1.807) is 0 Å². The Morgan fingerprint density at radius 2 is 2.00 bits per heavy atom. The highest BCUT2D eigenvalue weighted by molar-refractivity contribution is 7.99. The molecule has 88 valence electrons. The van der Waals surface area contributed by atoms with Gasteiger partial charge >= 0.3 is 0 Å². The van der Waals surface area contributed by atoms with Crippen LogP contribution in [-0.2, 0) is 18.6 Å². The summed E-state index contributed by atoms with van der Waals surface area (Å²) in [6.07, 6.45) is 4.91. The molecule has 1 nitrogen and oxygen atoms in total. The van der Waals surface area contributed by atoms with Crippen LogP contribution in [0.3, 0.4) is 0 Å². The van der Waals surface area contributed by atoms with Gasteiger partial charge in [0.05, 0.1) is 0 Å². The lowest BCUT2D eigenvalue weighted by Gasteiger charge is -2.20. The van der Waals surface area contributed by atoms with Gasteiger partial charge in [-0.2, -0.15) is 11.8 Å². The Balaban J connectivity index is 2.27. The Labute approximate surface area is 102 Å². The summed E-state index contributed by atoms with van der Waals surface area (Å²) >= 11 is 1.91. The molecular formula is C14H20OS. The van der Waals surface area contributed by atoms with Crippen molar-refractivity contribution in [2.45, 2.75) is 50.5 Å². The molecule has 0 saturated heterocycles. The molecule has 0 unspecified atom stereocenters. The van der Waals surface area contributed by atoms with Crippen molar-refractivity contribution in [3.63, 3.8) is 0 Å². The van der Waals surface area contributed by atoms with Gasteiger partial charge in [-0.15, -0.1) is 0 Å². The van der Waals surface area contributed by atoms with Gasteiger partial charge in [0, 0.05) is 11.3 Å². The number of phenols is 1. The first-order chi connectivity index (χ1) is 7.68. The van der Waals surface area contributed by atoms with Crippen LogP contribution in [0.15, 0.2) is 12.1 Å². The van der Waals surface area contributed by atoms with E-state index < -0.39 is 0 Å². The molecule has 1 aromatic rings. The maximum atomic E-state index is 9.97. The largest absolute Gasteiger partial charge is 0.508 e. The molecule has 0 aliphatic heterocycles. The van der Waals surface area contributed by atoms with Crippen LogP contribution in [0, 0.1) is 0 Å². The average Bonchev–Trinajstić information content (AvgIpc) is 2.27. The molecule has 0 radical (unpaired) electrons. The quantitative estimate of drug-likeness (QED) is 0.858. The smallest absolute Gasteiger partial charge is 0.119 e. The summed E-state index contributed by atoms with van der Waals surface area (Å²) in [7, 11) is 0. The molecule has 0 atom stereocenters. The summed E-state index contributed by atoms with van der Waals surface area (Å²) < 4.78 is 0. The fourth-order valence-corrected chi connectivity index (χ4v) is 3.13. The molecule has 0 heterocycles. The first-order valence-electron chi connectivity index (χ1n) is 6.12. The van der Waals surface area contributed by atoms with Crippen LogP contribution in [0.2, 0.25) is 0 Å². The van der Waals surface area contributed by atoms with Gasteiger partial charge in [0.15, 0.2) is 0 Å². The molecular weight excluding hydrogens is 216 g/mol. The number of thioether (sulfide) groups is 1. The number of fused-ring (bicyclic) bond motifs is 1. The predicted octanol–water partition coefficient (Wildman–Crippen LogP) is 3.91. The van der Waals surface area contributed by atoms with Crippen molar-refractivity contribution in [3.8, 4) is 5.75 Å². The van der Waals surface area contributed by atoms with E-state index in [0.29, 0.717) is 11.0 Å². The number of rotatable bonds is 3. The van der Waals surface area contributed by atoms with Gasteiger partial charge in [-0.1, -0.05) is 19.9 Å². The first-order valence-corrected chi connectivity index (χ1v) is 7.17. The van der Waals surface area contributed by atoms with E-state index in [-0.39, 0.29) is 0 Å². The Bertz CT molecular complexity index is 371. The zero-order chi connectivity index (χ0) is 11.5. The van der Waals surface area contributed by atoms with Crippen LogP contribution >= 0.6 is 11.8 Å². The first kappa shape index (κ1) is 11.8. The molecule has 0 aromatic heterocycles. The minimum atomic E-state index is 0.494. The molecule has 0 fully saturated rings. The Morgan fingerprint density at radius 1 is 1.25 bits per heavy atom. The molecule has 2 heteroatoms. The Hall–Kier alpha value is -0.630. The molecule has 16 heavy (non-hydrogen) atoms. The summed E-state index contributed by atoms with van der Waals surface area (Å²) in [5.74, 6) is 1.45. The molecule has 0 bridgehead atoms. The van der Waals surface area contributed by atoms with Crippen molar-refractivity contribution < 1.29 is 5.11 Å². The zero-order valence-corrected chi connectivity index (χ0v) is 10.9. The lowest BCUT2D eigenvalue weighted by Crippen LogP contribution is -2.06. The van der Waals surface area contributed by atoms with E-state index in [1.165, 1.54) is 36.0 Å². The van der Waals surface area contributed by atoms with Crippen molar-refractivity contribution >= 4 is 11.8 Å². The van der Waals surface area contributed by atoms with Gasteiger partial charge < -0.3 is 5.11 Å². The minimum absolute atomic E-state index is 0.494. The van der Waals surface area contributed by atoms with E-state index in [1.807, 2.05) is 17.8 Å². The van der Waals surface area contributed by atoms with Crippen molar-refractivity contribution in [1.29, 1.82) is 0 Å². The maximum Gasteiger partial charge on any atom is 0.119 e. The molecule has 1 N–H and O–H groups in total. The summed E-state index contributed by atoms with van der Waals surface area (Å²) in [6, 6.07) is 3.98. The summed E-state index contributed by atoms with van der Waals surface area (Å²) in [5, 5.41) is 10.6. The third kappa shape index (κ3) is 2.54. The fourth-order valence-electron chi connectivity index (χ4n) is 2.30. The van der Waals surface area contributed by atoms with E-state index in [9.17, 15) is 5.11 Å². The van der Waals surface area contributed by atoms with Gasteiger partial charge in [-0.05, 0) is 48.1 Å². The molecule has 0 amide bonds. The average molecular weight is 236 g/mol. The number of hydrogen-bond donors (Lipinski definition) is 1. The summed E-state index contributed by atoms with van der Waals surface area (Å²) in [6.45, 7) is 4.41. The van der Waals surface area contributed by atoms with Crippen molar-refractivity contribution in [1.82, 2.24) is 0 Å². The Morgan fingerprint density at radius 3 is 2.75 bits per heavy atom. The Kier molecular flexibility index (Phi) is 3.80. The summed E-state index contributed by atoms with van der Waals surface area (Å²) in [4.78, 5) is 0. The van der Waals surface area contributed by atoms with Crippen LogP contribution in [0.1, 0.15) is 43.4 Å². The van der Waals surface area contributed by atoms with Crippen LogP contribution in [0.4, 0.5) is 0 Å². The van der Waals surface area contributed by atoms with E-state index in [2.05, 4.69) is 19.9 Å². The monoisotopic (exact) mass is 236 g/mol. The number of aromatic hydroxyl groups is 1. The van der Waals surface area contributed by atoms with Gasteiger partial charge in [-0.3, -0.25) is 0 Å². The second-order valence-corrected chi connectivity index (χ2v) is 6.33. The normalized spacial score (nSPS) is 15.2. The van der Waals surface area contributed by atoms with Crippen LogP contribution < -0.4 is 0 Å². The topological polar surface area (TPSA) is 20.2 Å². The third-order valence-corrected chi connectivity index (χ3v) is 4.31. The molecule has 1 aliphatic rings. The second-order valence-electron chi connectivity index (χ2n) is 4.77. The number of aryl methyl sites for hydroxylation is 1. The van der Waals surface area contributed by atoms with Crippen molar-refractivity contribution in [2.24, 2.45) is 0 Å². The molecule has 1 aliphatic carbocycles. The lowest BCUT2D eigenvalue weighted by molar-refractivity contribution is 0.468. The minimum Gasteiger partial charge on any atom is -0.508 e. The fraction of sp³-hybridized carbons (Fsp3) is 0.571. The maximum absolute atomic E-state index is 9.97. The van der Waals surface area contributed by atoms with Crippen molar-refractivity contribution in [3.05, 3.63) is 28.8 Å². The van der Waals surface area contributed by atoms with Crippen LogP contribution in [-0.4, -0.2) is 10.4 Å². The molecule has 1 aromatic carbocycles. The van der Waals surface area contributed by atoms with Gasteiger partial charge in [-0.25, -0.2) is 0 Å². The molecule has 2 rings (SSSR count). The molecule has 0 saturated carbocycles. The van der Waals surface area contributed by atoms with Crippen molar-refractivity contribution in [2.75, 3.05) is 0 Å². The van der Waals surface area contributed by atoms with Gasteiger partial charge in [0.1, 0.15) is 5.75 Å². The van der Waals surface area contributed by atoms with E-state index >= 15 is 0 Å². The SMILES string of the molecule is CC(C)SCc1c(O)ccc2c1CCCC2. The number of hydrogen-bond acceptors (Lipinski definition) is 2. The second kappa shape index (κ2) is 5.13. The number of phenolic OH excluding ortho intramolecular Hbond substituents is 1. The lowest BCUT2D eigenvalue weighted by atomic mass is 9.88. The predicted molar refractivity (Wildman–Crippen MR) is 71.2 cm³/mol. The zero-order valence-electron chi connectivity index (χ0n) is 10.1. The van der Waals surface area contributed by atoms with E-state index in [4.69, 9.17) is 0 Å². The number of benzene rings is 1. The highest BCUT2D eigenvalue weighted by Gasteiger charge is 2.16. The van der Waals surface area contributed by atoms with Crippen LogP contribution in [0.25, 0.3) is 0 Å². The van der Waals surface area contributed by atoms with Crippen LogP contribution in [0.5, 0.6) is 5.75 Å². The highest BCUT2D eigenvalue weighted by Crippen LogP contribution is 2.33. The van der Waals surface area contributed by atoms with Gasteiger partial charge in [0.2, 0.25) is 0 Å².